The van der Waals surface area contributed by atoms with Gasteiger partial charge in [0, 0.05) is 16.1 Å². The maximum absolute atomic E-state index is 14.6. The van der Waals surface area contributed by atoms with Gasteiger partial charge < -0.3 is 4.74 Å². The summed E-state index contributed by atoms with van der Waals surface area (Å²) in [6, 6.07) is 8.00. The predicted molar refractivity (Wildman–Crippen MR) is 101 cm³/mol. The van der Waals surface area contributed by atoms with Crippen LogP contribution in [0.4, 0.5) is 4.39 Å². The molecule has 0 bridgehead atoms. The van der Waals surface area contributed by atoms with Crippen LogP contribution in [-0.2, 0) is 0 Å². The van der Waals surface area contributed by atoms with Crippen LogP contribution in [0.25, 0.3) is 28.0 Å². The zero-order valence-corrected chi connectivity index (χ0v) is 15.8. The lowest BCUT2D eigenvalue weighted by Crippen LogP contribution is -2.06. The van der Waals surface area contributed by atoms with Gasteiger partial charge in [-0.25, -0.2) is 14.4 Å². The van der Waals surface area contributed by atoms with Crippen LogP contribution >= 0.6 is 23.2 Å². The van der Waals surface area contributed by atoms with Crippen molar-refractivity contribution in [1.82, 2.24) is 25.0 Å². The van der Waals surface area contributed by atoms with Gasteiger partial charge in [-0.1, -0.05) is 28.4 Å². The number of halogens is 3. The lowest BCUT2D eigenvalue weighted by molar-refractivity contribution is 0.415. The summed E-state index contributed by atoms with van der Waals surface area (Å²) in [5.74, 6) is 0.426. The maximum Gasteiger partial charge on any atom is 0.167 e. The normalized spacial score (nSPS) is 11.1. The second-order valence-electron chi connectivity index (χ2n) is 5.76. The van der Waals surface area contributed by atoms with Crippen molar-refractivity contribution in [1.29, 1.82) is 0 Å². The highest BCUT2D eigenvalue weighted by Crippen LogP contribution is 2.36. The molecule has 4 aromatic rings. The first-order chi connectivity index (χ1) is 13.0. The minimum Gasteiger partial charge on any atom is -0.497 e. The van der Waals surface area contributed by atoms with E-state index < -0.39 is 5.82 Å². The highest BCUT2D eigenvalue weighted by atomic mass is 35.5. The van der Waals surface area contributed by atoms with Gasteiger partial charge in [-0.2, -0.15) is 4.68 Å². The maximum atomic E-state index is 14.6. The van der Waals surface area contributed by atoms with Crippen LogP contribution in [0.1, 0.15) is 5.69 Å². The standard InChI is InChI=1S/C18H12Cl2FN5O/c1-9-16(12-4-3-11(27-2)7-13(12)20)18(23-8-22-9)26-17-14(21)5-10(19)6-15(17)24-25-26/h3-8H,1-2H3. The lowest BCUT2D eigenvalue weighted by Gasteiger charge is -2.13. The van der Waals surface area contributed by atoms with Crippen LogP contribution in [0.2, 0.25) is 10.0 Å². The number of aryl methyl sites for hydroxylation is 1. The Labute approximate surface area is 163 Å². The molecule has 4 rings (SSSR count). The van der Waals surface area contributed by atoms with Crippen LogP contribution in [0.3, 0.4) is 0 Å². The molecule has 0 spiro atoms. The molecule has 136 valence electrons. The third-order valence-corrected chi connectivity index (χ3v) is 4.66. The van der Waals surface area contributed by atoms with Crippen LogP contribution in [0.5, 0.6) is 5.75 Å². The van der Waals surface area contributed by atoms with Crippen molar-refractivity contribution in [2.24, 2.45) is 0 Å². The number of hydrogen-bond acceptors (Lipinski definition) is 5. The SMILES string of the molecule is COc1ccc(-c2c(C)ncnc2-n2nnc3cc(Cl)cc(F)c32)c(Cl)c1. The molecule has 0 fully saturated rings. The number of hydrogen-bond donors (Lipinski definition) is 0. The molecular formula is C18H12Cl2FN5O. The van der Waals surface area contributed by atoms with E-state index in [9.17, 15) is 4.39 Å². The topological polar surface area (TPSA) is 65.7 Å². The zero-order chi connectivity index (χ0) is 19.1. The summed E-state index contributed by atoms with van der Waals surface area (Å²) in [5, 5.41) is 8.76. The smallest absolute Gasteiger partial charge is 0.167 e. The van der Waals surface area contributed by atoms with Crippen molar-refractivity contribution in [3.63, 3.8) is 0 Å². The average molecular weight is 404 g/mol. The summed E-state index contributed by atoms with van der Waals surface area (Å²) in [5.41, 5.74) is 2.44. The molecule has 2 aromatic carbocycles. The third-order valence-electron chi connectivity index (χ3n) is 4.12. The molecule has 2 heterocycles. The molecular weight excluding hydrogens is 392 g/mol. The summed E-state index contributed by atoms with van der Waals surface area (Å²) < 4.78 is 21.1. The summed E-state index contributed by atoms with van der Waals surface area (Å²) in [7, 11) is 1.56. The largest absolute Gasteiger partial charge is 0.497 e. The Morgan fingerprint density at radius 2 is 1.93 bits per heavy atom. The van der Waals surface area contributed by atoms with Crippen LogP contribution in [0, 0.1) is 12.7 Å². The van der Waals surface area contributed by atoms with Crippen molar-refractivity contribution in [2.45, 2.75) is 6.92 Å². The van der Waals surface area contributed by atoms with E-state index in [1.54, 1.807) is 25.3 Å². The number of rotatable bonds is 3. The second-order valence-corrected chi connectivity index (χ2v) is 6.60. The van der Waals surface area contributed by atoms with Crippen molar-refractivity contribution in [3.8, 4) is 22.7 Å². The van der Waals surface area contributed by atoms with Crippen molar-refractivity contribution >= 4 is 34.2 Å². The Balaban J connectivity index is 2.01. The molecule has 6 nitrogen and oxygen atoms in total. The van der Waals surface area contributed by atoms with Crippen molar-refractivity contribution in [2.75, 3.05) is 7.11 Å². The molecule has 2 aromatic heterocycles. The summed E-state index contributed by atoms with van der Waals surface area (Å²) >= 11 is 12.4. The van der Waals surface area contributed by atoms with Crippen LogP contribution in [-0.4, -0.2) is 32.1 Å². The molecule has 0 saturated heterocycles. The summed E-state index contributed by atoms with van der Waals surface area (Å²) in [6.45, 7) is 1.81. The first-order valence-corrected chi connectivity index (χ1v) is 8.61. The van der Waals surface area contributed by atoms with E-state index in [-0.39, 0.29) is 10.5 Å². The van der Waals surface area contributed by atoms with E-state index in [2.05, 4.69) is 20.3 Å². The molecule has 0 aliphatic rings. The summed E-state index contributed by atoms with van der Waals surface area (Å²) in [6.07, 6.45) is 1.38. The van der Waals surface area contributed by atoms with Gasteiger partial charge >= 0.3 is 0 Å². The molecule has 0 aliphatic heterocycles. The molecule has 0 unspecified atom stereocenters. The Bertz CT molecular complexity index is 1180. The molecule has 9 heteroatoms. The quantitative estimate of drug-likeness (QED) is 0.498. The van der Waals surface area contributed by atoms with Gasteiger partial charge in [0.15, 0.2) is 11.6 Å². The van der Waals surface area contributed by atoms with Crippen molar-refractivity contribution in [3.05, 3.63) is 58.2 Å². The zero-order valence-electron chi connectivity index (χ0n) is 14.2. The molecule has 0 saturated carbocycles. The fourth-order valence-corrected chi connectivity index (χ4v) is 3.35. The van der Waals surface area contributed by atoms with Gasteiger partial charge in [0.05, 0.1) is 17.8 Å². The molecule has 0 amide bonds. The van der Waals surface area contributed by atoms with Gasteiger partial charge in [-0.05, 0) is 37.3 Å². The number of benzene rings is 2. The molecule has 0 radical (unpaired) electrons. The van der Waals surface area contributed by atoms with E-state index in [4.69, 9.17) is 27.9 Å². The van der Waals surface area contributed by atoms with E-state index >= 15 is 0 Å². The fourth-order valence-electron chi connectivity index (χ4n) is 2.89. The third kappa shape index (κ3) is 2.98. The van der Waals surface area contributed by atoms with Gasteiger partial charge in [0.1, 0.15) is 23.1 Å². The van der Waals surface area contributed by atoms with Gasteiger partial charge in [0.2, 0.25) is 0 Å². The minimum atomic E-state index is -0.550. The van der Waals surface area contributed by atoms with E-state index in [0.717, 1.165) is 0 Å². The Morgan fingerprint density at radius 1 is 1.11 bits per heavy atom. The van der Waals surface area contributed by atoms with Gasteiger partial charge in [0.25, 0.3) is 0 Å². The van der Waals surface area contributed by atoms with E-state index in [1.807, 2.05) is 6.92 Å². The highest BCUT2D eigenvalue weighted by molar-refractivity contribution is 6.33. The van der Waals surface area contributed by atoms with Crippen LogP contribution in [0.15, 0.2) is 36.7 Å². The Hall–Kier alpha value is -2.77. The van der Waals surface area contributed by atoms with Gasteiger partial charge in [-0.15, -0.1) is 5.10 Å². The second kappa shape index (κ2) is 6.75. The predicted octanol–water partition coefficient (Wildman–Crippen LogP) is 4.64. The highest BCUT2D eigenvalue weighted by Gasteiger charge is 2.20. The van der Waals surface area contributed by atoms with Crippen LogP contribution < -0.4 is 4.74 Å². The fraction of sp³-hybridized carbons (Fsp3) is 0.111. The van der Waals surface area contributed by atoms with E-state index in [1.165, 1.54) is 23.1 Å². The molecule has 0 aliphatic carbocycles. The first kappa shape index (κ1) is 17.6. The van der Waals surface area contributed by atoms with Crippen molar-refractivity contribution < 1.29 is 9.13 Å². The molecule has 0 N–H and O–H groups in total. The number of ether oxygens (including phenoxy) is 1. The van der Waals surface area contributed by atoms with Gasteiger partial charge in [-0.3, -0.25) is 0 Å². The number of fused-ring (bicyclic) bond motifs is 1. The molecule has 27 heavy (non-hydrogen) atoms. The Morgan fingerprint density at radius 3 is 2.67 bits per heavy atom. The number of aromatic nitrogens is 5. The number of nitrogens with zero attached hydrogens (tertiary/aromatic N) is 5. The molecule has 0 atom stereocenters. The average Bonchev–Trinajstić information content (AvgIpc) is 3.06. The first-order valence-electron chi connectivity index (χ1n) is 7.86. The lowest BCUT2D eigenvalue weighted by atomic mass is 10.0. The minimum absolute atomic E-state index is 0.170. The van der Waals surface area contributed by atoms with E-state index in [0.29, 0.717) is 38.9 Å². The number of methoxy groups -OCH3 is 1. The monoisotopic (exact) mass is 403 g/mol. The Kier molecular flexibility index (Phi) is 4.41. The summed E-state index contributed by atoms with van der Waals surface area (Å²) in [4.78, 5) is 8.56.